The number of aliphatic hydroxyl groups excluding tert-OH is 2. The lowest BCUT2D eigenvalue weighted by Gasteiger charge is -2.15. The Morgan fingerprint density at radius 2 is 1.00 bits per heavy atom. The molecule has 5 nitrogen and oxygen atoms in total. The van der Waals surface area contributed by atoms with E-state index in [2.05, 4.69) is 13.8 Å². The molecule has 2 atom stereocenters. The standard InChI is InChI=1S/C16H34O5/c1-3-5-7-9-19-11-15(17)13-21-14-16(18)12-20-10-8-6-4-2/h15-18H,3-14H2,1-2H3. The molecule has 0 radical (unpaired) electrons. The first-order valence-corrected chi connectivity index (χ1v) is 8.30. The van der Waals surface area contributed by atoms with Crippen molar-refractivity contribution in [2.24, 2.45) is 0 Å². The average molecular weight is 306 g/mol. The van der Waals surface area contributed by atoms with Crippen LogP contribution in [0, 0.1) is 0 Å². The Bertz CT molecular complexity index is 181. The van der Waals surface area contributed by atoms with E-state index in [1.54, 1.807) is 0 Å². The second kappa shape index (κ2) is 16.2. The van der Waals surface area contributed by atoms with Crippen LogP contribution in [0.1, 0.15) is 52.4 Å². The van der Waals surface area contributed by atoms with Crippen molar-refractivity contribution in [2.75, 3.05) is 39.6 Å². The van der Waals surface area contributed by atoms with Gasteiger partial charge in [-0.25, -0.2) is 0 Å². The summed E-state index contributed by atoms with van der Waals surface area (Å²) in [6.07, 6.45) is 5.40. The molecular weight excluding hydrogens is 272 g/mol. The molecule has 0 aliphatic carbocycles. The molecule has 0 heterocycles. The molecule has 0 aliphatic heterocycles. The molecule has 0 spiro atoms. The SMILES string of the molecule is CCCCCOCC(O)COCC(O)COCCCCC. The van der Waals surface area contributed by atoms with E-state index in [4.69, 9.17) is 14.2 Å². The van der Waals surface area contributed by atoms with Crippen molar-refractivity contribution in [2.45, 2.75) is 64.6 Å². The van der Waals surface area contributed by atoms with Crippen LogP contribution in [0.5, 0.6) is 0 Å². The molecule has 5 heteroatoms. The molecule has 2 unspecified atom stereocenters. The minimum absolute atomic E-state index is 0.181. The van der Waals surface area contributed by atoms with Gasteiger partial charge >= 0.3 is 0 Å². The van der Waals surface area contributed by atoms with Crippen molar-refractivity contribution in [1.82, 2.24) is 0 Å². The molecule has 0 aromatic rings. The van der Waals surface area contributed by atoms with E-state index in [1.165, 1.54) is 0 Å². The molecule has 0 amide bonds. The highest BCUT2D eigenvalue weighted by Crippen LogP contribution is 1.98. The number of hydrogen-bond donors (Lipinski definition) is 2. The van der Waals surface area contributed by atoms with E-state index in [1.807, 2.05) is 0 Å². The Hall–Kier alpha value is -0.200. The van der Waals surface area contributed by atoms with Crippen molar-refractivity contribution in [3.05, 3.63) is 0 Å². The third kappa shape index (κ3) is 16.0. The summed E-state index contributed by atoms with van der Waals surface area (Å²) in [5, 5.41) is 19.3. The second-order valence-electron chi connectivity index (χ2n) is 5.41. The van der Waals surface area contributed by atoms with E-state index >= 15 is 0 Å². The van der Waals surface area contributed by atoms with Gasteiger partial charge < -0.3 is 24.4 Å². The topological polar surface area (TPSA) is 68.2 Å². The smallest absolute Gasteiger partial charge is 0.101 e. The Labute approximate surface area is 129 Å². The first-order valence-electron chi connectivity index (χ1n) is 8.30. The third-order valence-electron chi connectivity index (χ3n) is 3.03. The molecule has 0 rings (SSSR count). The predicted octanol–water partition coefficient (Wildman–Crippen LogP) is 2.14. The van der Waals surface area contributed by atoms with Crippen LogP contribution < -0.4 is 0 Å². The van der Waals surface area contributed by atoms with E-state index in [0.29, 0.717) is 13.2 Å². The normalized spacial score (nSPS) is 14.3. The Morgan fingerprint density at radius 1 is 0.619 bits per heavy atom. The molecular formula is C16H34O5. The fourth-order valence-electron chi connectivity index (χ4n) is 1.78. The summed E-state index contributed by atoms with van der Waals surface area (Å²) in [5.41, 5.74) is 0. The summed E-state index contributed by atoms with van der Waals surface area (Å²) in [4.78, 5) is 0. The summed E-state index contributed by atoms with van der Waals surface area (Å²) in [7, 11) is 0. The Kier molecular flexibility index (Phi) is 16.0. The molecule has 21 heavy (non-hydrogen) atoms. The maximum atomic E-state index is 9.63. The zero-order valence-electron chi connectivity index (χ0n) is 13.8. The molecule has 0 saturated carbocycles. The summed E-state index contributed by atoms with van der Waals surface area (Å²) < 4.78 is 15.9. The van der Waals surface area contributed by atoms with Gasteiger partial charge in [-0.15, -0.1) is 0 Å². The molecule has 0 fully saturated rings. The average Bonchev–Trinajstić information content (AvgIpc) is 2.47. The molecule has 0 bridgehead atoms. The van der Waals surface area contributed by atoms with Crippen LogP contribution in [0.15, 0.2) is 0 Å². The largest absolute Gasteiger partial charge is 0.388 e. The Balaban J connectivity index is 3.30. The monoisotopic (exact) mass is 306 g/mol. The predicted molar refractivity (Wildman–Crippen MR) is 83.5 cm³/mol. The van der Waals surface area contributed by atoms with Crippen LogP contribution in [0.25, 0.3) is 0 Å². The second-order valence-corrected chi connectivity index (χ2v) is 5.41. The van der Waals surface area contributed by atoms with Gasteiger partial charge in [-0.1, -0.05) is 39.5 Å². The number of ether oxygens (including phenoxy) is 3. The number of unbranched alkanes of at least 4 members (excludes halogenated alkanes) is 4. The molecule has 0 aromatic heterocycles. The van der Waals surface area contributed by atoms with Crippen molar-refractivity contribution < 1.29 is 24.4 Å². The lowest BCUT2D eigenvalue weighted by molar-refractivity contribution is -0.0566. The van der Waals surface area contributed by atoms with Gasteiger partial charge in [-0.05, 0) is 12.8 Å². The third-order valence-corrected chi connectivity index (χ3v) is 3.03. The van der Waals surface area contributed by atoms with Crippen molar-refractivity contribution in [3.8, 4) is 0 Å². The Morgan fingerprint density at radius 3 is 1.38 bits per heavy atom. The van der Waals surface area contributed by atoms with Crippen LogP contribution in [-0.4, -0.2) is 62.1 Å². The zero-order chi connectivity index (χ0) is 15.8. The van der Waals surface area contributed by atoms with Gasteiger partial charge in [0.05, 0.1) is 26.4 Å². The number of rotatable bonds is 16. The zero-order valence-corrected chi connectivity index (χ0v) is 13.8. The fraction of sp³-hybridized carbons (Fsp3) is 1.00. The summed E-state index contributed by atoms with van der Waals surface area (Å²) in [6.45, 7) is 6.57. The van der Waals surface area contributed by atoms with E-state index in [-0.39, 0.29) is 26.4 Å². The van der Waals surface area contributed by atoms with Gasteiger partial charge in [-0.2, -0.15) is 0 Å². The lowest BCUT2D eigenvalue weighted by atomic mass is 10.3. The number of aliphatic hydroxyl groups is 2. The van der Waals surface area contributed by atoms with Crippen LogP contribution in [0.3, 0.4) is 0 Å². The first kappa shape index (κ1) is 20.8. The molecule has 0 saturated heterocycles. The molecule has 2 N–H and O–H groups in total. The minimum Gasteiger partial charge on any atom is -0.388 e. The van der Waals surface area contributed by atoms with E-state index < -0.39 is 12.2 Å². The van der Waals surface area contributed by atoms with Gasteiger partial charge in [-0.3, -0.25) is 0 Å². The highest BCUT2D eigenvalue weighted by atomic mass is 16.5. The molecule has 0 aliphatic rings. The van der Waals surface area contributed by atoms with E-state index in [0.717, 1.165) is 38.5 Å². The van der Waals surface area contributed by atoms with Crippen molar-refractivity contribution in [1.29, 1.82) is 0 Å². The van der Waals surface area contributed by atoms with Crippen molar-refractivity contribution in [3.63, 3.8) is 0 Å². The fourth-order valence-corrected chi connectivity index (χ4v) is 1.78. The first-order chi connectivity index (χ1) is 10.2. The van der Waals surface area contributed by atoms with E-state index in [9.17, 15) is 10.2 Å². The van der Waals surface area contributed by atoms with Crippen LogP contribution in [-0.2, 0) is 14.2 Å². The quantitative estimate of drug-likeness (QED) is 0.428. The summed E-state index contributed by atoms with van der Waals surface area (Å²) in [6, 6.07) is 0. The summed E-state index contributed by atoms with van der Waals surface area (Å²) >= 11 is 0. The highest BCUT2D eigenvalue weighted by molar-refractivity contribution is 4.55. The lowest BCUT2D eigenvalue weighted by Crippen LogP contribution is -2.27. The maximum absolute atomic E-state index is 9.63. The van der Waals surface area contributed by atoms with Gasteiger partial charge in [0.2, 0.25) is 0 Å². The molecule has 128 valence electrons. The van der Waals surface area contributed by atoms with Gasteiger partial charge in [0, 0.05) is 13.2 Å². The molecule has 0 aromatic carbocycles. The minimum atomic E-state index is -0.635. The maximum Gasteiger partial charge on any atom is 0.101 e. The highest BCUT2D eigenvalue weighted by Gasteiger charge is 2.08. The van der Waals surface area contributed by atoms with Gasteiger partial charge in [0.25, 0.3) is 0 Å². The van der Waals surface area contributed by atoms with Crippen LogP contribution in [0.2, 0.25) is 0 Å². The van der Waals surface area contributed by atoms with Crippen LogP contribution >= 0.6 is 0 Å². The van der Waals surface area contributed by atoms with Gasteiger partial charge in [0.15, 0.2) is 0 Å². The van der Waals surface area contributed by atoms with Gasteiger partial charge in [0.1, 0.15) is 12.2 Å². The summed E-state index contributed by atoms with van der Waals surface area (Å²) in [5.74, 6) is 0. The number of hydrogen-bond acceptors (Lipinski definition) is 5. The van der Waals surface area contributed by atoms with Crippen molar-refractivity contribution >= 4 is 0 Å². The van der Waals surface area contributed by atoms with Crippen LogP contribution in [0.4, 0.5) is 0 Å².